The van der Waals surface area contributed by atoms with Crippen molar-refractivity contribution in [2.45, 2.75) is 13.1 Å². The summed E-state index contributed by atoms with van der Waals surface area (Å²) in [6.07, 6.45) is -1.15. The molecular weight excluding hydrogens is 499 g/mol. The molecule has 0 radical (unpaired) electrons. The Labute approximate surface area is 219 Å². The zero-order valence-corrected chi connectivity index (χ0v) is 21.4. The fourth-order valence-corrected chi connectivity index (χ4v) is 4.26. The molecule has 0 aromatic heterocycles. The summed E-state index contributed by atoms with van der Waals surface area (Å²) < 4.78 is 0. The molecule has 0 saturated heterocycles. The lowest BCUT2D eigenvalue weighted by molar-refractivity contribution is -0.128. The largest absolute Gasteiger partial charge is 0.399 e. The van der Waals surface area contributed by atoms with Gasteiger partial charge in [0.15, 0.2) is 0 Å². The average Bonchev–Trinajstić information content (AvgIpc) is 2.99. The molecule has 184 valence electrons. The Morgan fingerprint density at radius 2 is 1.75 bits per heavy atom. The van der Waals surface area contributed by atoms with Crippen molar-refractivity contribution in [2.24, 2.45) is 16.1 Å². The van der Waals surface area contributed by atoms with Gasteiger partial charge in [-0.3, -0.25) is 9.59 Å². The Kier molecular flexibility index (Phi) is 7.72. The summed E-state index contributed by atoms with van der Waals surface area (Å²) >= 11 is 12.2. The van der Waals surface area contributed by atoms with E-state index in [9.17, 15) is 9.59 Å². The van der Waals surface area contributed by atoms with Gasteiger partial charge in [0, 0.05) is 23.7 Å². The van der Waals surface area contributed by atoms with Gasteiger partial charge in [0.2, 0.25) is 12.1 Å². The Bertz CT molecular complexity index is 1360. The molecule has 1 N–H and O–H groups in total. The van der Waals surface area contributed by atoms with Crippen LogP contribution in [0.5, 0.6) is 0 Å². The zero-order chi connectivity index (χ0) is 25.8. The van der Waals surface area contributed by atoms with Gasteiger partial charge in [0.1, 0.15) is 7.11 Å². The number of likely N-dealkylation sites (N-methyl/N-ethyl adjacent to an activating group) is 1. The molecule has 0 fully saturated rings. The number of rotatable bonds is 6. The SMILES string of the molecule is CO/N=C(\c1ccc(Cl)c(Cl)c1)C(C)C(=O)N[C@H]1N=C(c2ccccc2)c2ccccc2N(C)C1=O. The van der Waals surface area contributed by atoms with Crippen LogP contribution in [-0.4, -0.2) is 43.6 Å². The van der Waals surface area contributed by atoms with Crippen LogP contribution >= 0.6 is 23.2 Å². The first-order chi connectivity index (χ1) is 17.3. The summed E-state index contributed by atoms with van der Waals surface area (Å²) in [7, 11) is 3.06. The van der Waals surface area contributed by atoms with Crippen LogP contribution in [0.3, 0.4) is 0 Å². The molecule has 2 atom stereocenters. The predicted octanol–water partition coefficient (Wildman–Crippen LogP) is 4.94. The second kappa shape index (κ2) is 10.9. The lowest BCUT2D eigenvalue weighted by atomic mass is 9.97. The van der Waals surface area contributed by atoms with Crippen LogP contribution in [0.4, 0.5) is 5.69 Å². The lowest BCUT2D eigenvalue weighted by Crippen LogP contribution is -2.48. The van der Waals surface area contributed by atoms with Gasteiger partial charge in [0.25, 0.3) is 5.91 Å². The summed E-state index contributed by atoms with van der Waals surface area (Å²) in [5.41, 5.74) is 3.83. The van der Waals surface area contributed by atoms with Crippen molar-refractivity contribution in [3.05, 3.63) is 99.5 Å². The maximum absolute atomic E-state index is 13.4. The molecule has 0 bridgehead atoms. The predicted molar refractivity (Wildman–Crippen MR) is 143 cm³/mol. The summed E-state index contributed by atoms with van der Waals surface area (Å²) in [5.74, 6) is -1.61. The number of aliphatic imine (C=N–C) groups is 1. The van der Waals surface area contributed by atoms with Crippen LogP contribution in [-0.2, 0) is 14.4 Å². The van der Waals surface area contributed by atoms with Gasteiger partial charge in [-0.25, -0.2) is 4.99 Å². The topological polar surface area (TPSA) is 83.4 Å². The van der Waals surface area contributed by atoms with E-state index in [0.717, 1.165) is 11.1 Å². The molecule has 1 unspecified atom stereocenters. The highest BCUT2D eigenvalue weighted by molar-refractivity contribution is 6.42. The number of fused-ring (bicyclic) bond motifs is 1. The van der Waals surface area contributed by atoms with E-state index in [0.29, 0.717) is 32.7 Å². The molecule has 0 spiro atoms. The van der Waals surface area contributed by atoms with Crippen molar-refractivity contribution in [2.75, 3.05) is 19.1 Å². The molecule has 2 amide bonds. The molecular formula is C27H24Cl2N4O3. The van der Waals surface area contributed by atoms with E-state index in [1.807, 2.05) is 54.6 Å². The molecule has 3 aromatic carbocycles. The Hall–Kier alpha value is -3.68. The first-order valence-corrected chi connectivity index (χ1v) is 11.9. The van der Waals surface area contributed by atoms with Crippen LogP contribution in [0.1, 0.15) is 23.6 Å². The van der Waals surface area contributed by atoms with Crippen LogP contribution in [0.2, 0.25) is 10.0 Å². The minimum Gasteiger partial charge on any atom is -0.399 e. The van der Waals surface area contributed by atoms with Gasteiger partial charge in [0.05, 0.1) is 33.1 Å². The van der Waals surface area contributed by atoms with E-state index in [1.165, 1.54) is 12.0 Å². The third-order valence-corrected chi connectivity index (χ3v) is 6.62. The maximum Gasteiger partial charge on any atom is 0.272 e. The third-order valence-electron chi connectivity index (χ3n) is 5.88. The van der Waals surface area contributed by atoms with Gasteiger partial charge >= 0.3 is 0 Å². The minimum absolute atomic E-state index is 0.320. The third kappa shape index (κ3) is 5.12. The van der Waals surface area contributed by atoms with E-state index < -0.39 is 18.0 Å². The van der Waals surface area contributed by atoms with Crippen molar-refractivity contribution >= 4 is 52.1 Å². The molecule has 9 heteroatoms. The number of hydrogen-bond acceptors (Lipinski definition) is 5. The van der Waals surface area contributed by atoms with Crippen molar-refractivity contribution in [1.29, 1.82) is 0 Å². The molecule has 36 heavy (non-hydrogen) atoms. The normalized spacial score (nSPS) is 16.5. The van der Waals surface area contributed by atoms with Gasteiger partial charge in [-0.1, -0.05) is 83.0 Å². The smallest absolute Gasteiger partial charge is 0.272 e. The standard InChI is InChI=1S/C27H24Cl2N4O3/c1-16(23(32-36-3)18-13-14-20(28)21(29)15-18)26(34)31-25-27(35)33(2)22-12-8-7-11-19(22)24(30-25)17-9-5-4-6-10-17/h4-16,25H,1-3H3,(H,31,34)/b32-23-/t16?,25-/m1/s1. The highest BCUT2D eigenvalue weighted by Crippen LogP contribution is 2.28. The van der Waals surface area contributed by atoms with Gasteiger partial charge in [-0.15, -0.1) is 0 Å². The Morgan fingerprint density at radius 3 is 2.44 bits per heavy atom. The molecule has 7 nitrogen and oxygen atoms in total. The number of nitrogens with zero attached hydrogens (tertiary/aromatic N) is 3. The van der Waals surface area contributed by atoms with Crippen LogP contribution < -0.4 is 10.2 Å². The Morgan fingerprint density at radius 1 is 1.06 bits per heavy atom. The first-order valence-electron chi connectivity index (χ1n) is 11.2. The molecule has 4 rings (SSSR count). The summed E-state index contributed by atoms with van der Waals surface area (Å²) in [6, 6.07) is 22.0. The molecule has 1 heterocycles. The number of carbonyl (C=O) groups excluding carboxylic acids is 2. The second-order valence-electron chi connectivity index (χ2n) is 8.18. The van der Waals surface area contributed by atoms with E-state index in [4.69, 9.17) is 33.0 Å². The average molecular weight is 523 g/mol. The summed E-state index contributed by atoms with van der Waals surface area (Å²) in [5, 5.41) is 7.54. The number of anilines is 1. The Balaban J connectivity index is 1.70. The van der Waals surface area contributed by atoms with Crippen molar-refractivity contribution in [3.8, 4) is 0 Å². The molecule has 1 aliphatic rings. The summed E-state index contributed by atoms with van der Waals surface area (Å²) in [6.45, 7) is 1.66. The number of oxime groups is 1. The quantitative estimate of drug-likeness (QED) is 0.367. The number of benzene rings is 3. The van der Waals surface area contributed by atoms with E-state index in [-0.39, 0.29) is 5.91 Å². The number of halogens is 2. The van der Waals surface area contributed by atoms with Crippen LogP contribution in [0, 0.1) is 5.92 Å². The van der Waals surface area contributed by atoms with E-state index >= 15 is 0 Å². The fraction of sp³-hybridized carbons (Fsp3) is 0.185. The number of amides is 2. The molecule has 0 saturated carbocycles. The first kappa shape index (κ1) is 25.4. The zero-order valence-electron chi connectivity index (χ0n) is 19.9. The van der Waals surface area contributed by atoms with Crippen LogP contribution in [0.25, 0.3) is 0 Å². The molecule has 1 aliphatic heterocycles. The fourth-order valence-electron chi connectivity index (χ4n) is 3.96. The molecule has 0 aliphatic carbocycles. The minimum atomic E-state index is -1.15. The monoisotopic (exact) mass is 522 g/mol. The number of carbonyl (C=O) groups is 2. The summed E-state index contributed by atoms with van der Waals surface area (Å²) in [4.78, 5) is 38.0. The van der Waals surface area contributed by atoms with Gasteiger partial charge < -0.3 is 15.1 Å². The van der Waals surface area contributed by atoms with Crippen molar-refractivity contribution in [1.82, 2.24) is 5.32 Å². The van der Waals surface area contributed by atoms with Crippen molar-refractivity contribution < 1.29 is 14.4 Å². The maximum atomic E-state index is 13.4. The number of nitrogens with one attached hydrogen (secondary N) is 1. The second-order valence-corrected chi connectivity index (χ2v) is 8.99. The number of para-hydroxylation sites is 1. The highest BCUT2D eigenvalue weighted by Gasteiger charge is 2.33. The van der Waals surface area contributed by atoms with E-state index in [2.05, 4.69) is 10.5 Å². The van der Waals surface area contributed by atoms with Gasteiger partial charge in [-0.2, -0.15) is 0 Å². The van der Waals surface area contributed by atoms with E-state index in [1.54, 1.807) is 32.2 Å². The van der Waals surface area contributed by atoms with Crippen molar-refractivity contribution in [3.63, 3.8) is 0 Å². The van der Waals surface area contributed by atoms with Crippen LogP contribution in [0.15, 0.2) is 82.9 Å². The highest BCUT2D eigenvalue weighted by atomic mass is 35.5. The number of benzodiazepines with no additional fused rings is 1. The molecule has 3 aromatic rings. The van der Waals surface area contributed by atoms with Gasteiger partial charge in [-0.05, 0) is 25.1 Å². The number of hydrogen-bond donors (Lipinski definition) is 1. The lowest BCUT2D eigenvalue weighted by Gasteiger charge is -2.22.